The van der Waals surface area contributed by atoms with Crippen LogP contribution in [0.2, 0.25) is 0 Å². The molecule has 0 atom stereocenters. The van der Waals surface area contributed by atoms with E-state index in [9.17, 15) is 18.8 Å². The normalized spacial score (nSPS) is 15.3. The monoisotopic (exact) mass is 529 g/mol. The number of pyridine rings is 1. The highest BCUT2D eigenvalue weighted by atomic mass is 19.1. The summed E-state index contributed by atoms with van der Waals surface area (Å²) in [5, 5.41) is 6.13. The summed E-state index contributed by atoms with van der Waals surface area (Å²) in [5.74, 6) is -0.813. The first kappa shape index (κ1) is 25.1. The van der Waals surface area contributed by atoms with E-state index in [0.29, 0.717) is 35.7 Å². The minimum absolute atomic E-state index is 0.0262. The molecule has 9 heteroatoms. The second-order valence-corrected chi connectivity index (χ2v) is 10.4. The van der Waals surface area contributed by atoms with E-state index in [2.05, 4.69) is 10.6 Å². The second kappa shape index (κ2) is 9.50. The van der Waals surface area contributed by atoms with Crippen LogP contribution < -0.4 is 21.8 Å². The van der Waals surface area contributed by atoms with Crippen molar-refractivity contribution in [3.63, 3.8) is 0 Å². The van der Waals surface area contributed by atoms with E-state index in [1.165, 1.54) is 6.07 Å². The fourth-order valence-electron chi connectivity index (χ4n) is 5.07. The van der Waals surface area contributed by atoms with Crippen LogP contribution in [-0.2, 0) is 9.53 Å². The van der Waals surface area contributed by atoms with E-state index in [0.717, 1.165) is 18.4 Å². The summed E-state index contributed by atoms with van der Waals surface area (Å²) in [7, 11) is 0. The molecule has 1 aliphatic carbocycles. The van der Waals surface area contributed by atoms with Crippen molar-refractivity contribution in [2.75, 3.05) is 23.8 Å². The number of nitrogens with zero attached hydrogens (tertiary/aromatic N) is 1. The van der Waals surface area contributed by atoms with Gasteiger partial charge in [-0.15, -0.1) is 0 Å². The van der Waals surface area contributed by atoms with Gasteiger partial charge < -0.3 is 24.4 Å². The summed E-state index contributed by atoms with van der Waals surface area (Å²) in [6, 6.07) is 12.0. The standard InChI is InChI=1S/C30H28FN3O5/c1-15-7-10-23(22(31)11-15)33-26-16(2)30(37)39-27-24(17(3)34(21-8-9-21)29(36)25(26)27)18-5-4-6-20(12-18)32-28(35)19-13-38-14-19/h4-7,10-12,19,21,33H,8-9,13-14H2,1-3H3,(H,32,35). The van der Waals surface area contributed by atoms with Crippen molar-refractivity contribution >= 4 is 33.9 Å². The first-order chi connectivity index (χ1) is 18.7. The molecule has 0 bridgehead atoms. The summed E-state index contributed by atoms with van der Waals surface area (Å²) >= 11 is 0. The van der Waals surface area contributed by atoms with Crippen LogP contribution in [0.1, 0.15) is 35.7 Å². The number of hydrogen-bond donors (Lipinski definition) is 2. The van der Waals surface area contributed by atoms with E-state index in [-0.39, 0.29) is 51.3 Å². The number of rotatable bonds is 6. The molecule has 4 aromatic rings. The van der Waals surface area contributed by atoms with Crippen LogP contribution in [0, 0.1) is 32.5 Å². The molecular weight excluding hydrogens is 501 g/mol. The maximum absolute atomic E-state index is 14.8. The van der Waals surface area contributed by atoms with E-state index < -0.39 is 11.4 Å². The zero-order valence-corrected chi connectivity index (χ0v) is 21.9. The SMILES string of the molecule is Cc1ccc(Nc2c(C)c(=O)oc3c(-c4cccc(NC(=O)C5COC5)c4)c(C)n(C4CC4)c(=O)c23)c(F)c1. The Morgan fingerprint density at radius 1 is 1.05 bits per heavy atom. The Morgan fingerprint density at radius 3 is 2.49 bits per heavy atom. The van der Waals surface area contributed by atoms with Gasteiger partial charge in [-0.25, -0.2) is 9.18 Å². The molecule has 2 aromatic heterocycles. The number of nitrogens with one attached hydrogen (secondary N) is 2. The van der Waals surface area contributed by atoms with Gasteiger partial charge >= 0.3 is 5.63 Å². The number of ether oxygens (including phenoxy) is 1. The number of carbonyl (C=O) groups excluding carboxylic acids is 1. The second-order valence-electron chi connectivity index (χ2n) is 10.4. The molecule has 0 spiro atoms. The average Bonchev–Trinajstić information content (AvgIpc) is 3.68. The van der Waals surface area contributed by atoms with E-state index in [1.54, 1.807) is 48.7 Å². The number of fused-ring (bicyclic) bond motifs is 1. The van der Waals surface area contributed by atoms with Gasteiger partial charge in [0.25, 0.3) is 5.56 Å². The Bertz CT molecular complexity index is 1770. The molecule has 2 aromatic carbocycles. The zero-order chi connectivity index (χ0) is 27.4. The molecule has 8 nitrogen and oxygen atoms in total. The fourth-order valence-corrected chi connectivity index (χ4v) is 5.07. The third-order valence-electron chi connectivity index (χ3n) is 7.46. The number of aryl methyl sites for hydroxylation is 1. The van der Waals surface area contributed by atoms with Crippen LogP contribution in [0.25, 0.3) is 22.1 Å². The number of halogens is 1. The van der Waals surface area contributed by atoms with Gasteiger partial charge in [-0.1, -0.05) is 18.2 Å². The zero-order valence-electron chi connectivity index (χ0n) is 21.9. The quantitative estimate of drug-likeness (QED) is 0.349. The topological polar surface area (TPSA) is 103 Å². The van der Waals surface area contributed by atoms with Crippen LogP contribution in [0.15, 0.2) is 56.5 Å². The Hall–Kier alpha value is -4.24. The van der Waals surface area contributed by atoms with Gasteiger partial charge in [0.15, 0.2) is 5.58 Å². The predicted molar refractivity (Wildman–Crippen MR) is 147 cm³/mol. The average molecular weight is 530 g/mol. The molecule has 200 valence electrons. The summed E-state index contributed by atoms with van der Waals surface area (Å²) in [6.45, 7) is 5.95. The lowest BCUT2D eigenvalue weighted by molar-refractivity contribution is -0.133. The van der Waals surface area contributed by atoms with Crippen molar-refractivity contribution in [3.8, 4) is 11.1 Å². The Labute approximate surface area is 223 Å². The molecule has 0 radical (unpaired) electrons. The molecule has 1 saturated heterocycles. The van der Waals surface area contributed by atoms with E-state index >= 15 is 0 Å². The van der Waals surface area contributed by atoms with Gasteiger partial charge in [-0.2, -0.15) is 0 Å². The van der Waals surface area contributed by atoms with Gasteiger partial charge in [0.05, 0.1) is 36.1 Å². The minimum atomic E-state index is -0.629. The summed E-state index contributed by atoms with van der Waals surface area (Å²) < 4.78 is 27.5. The molecule has 6 rings (SSSR count). The lowest BCUT2D eigenvalue weighted by atomic mass is 9.99. The molecule has 2 fully saturated rings. The maximum atomic E-state index is 14.8. The molecule has 39 heavy (non-hydrogen) atoms. The molecule has 1 amide bonds. The predicted octanol–water partition coefficient (Wildman–Crippen LogP) is 5.35. The number of aromatic nitrogens is 1. The highest BCUT2D eigenvalue weighted by Crippen LogP contribution is 2.41. The van der Waals surface area contributed by atoms with Crippen molar-refractivity contribution < 1.29 is 18.3 Å². The van der Waals surface area contributed by atoms with Gasteiger partial charge in [0, 0.05) is 23.0 Å². The maximum Gasteiger partial charge on any atom is 0.341 e. The van der Waals surface area contributed by atoms with Gasteiger partial charge in [0.2, 0.25) is 5.91 Å². The molecular formula is C30H28FN3O5. The molecule has 3 heterocycles. The van der Waals surface area contributed by atoms with Crippen molar-refractivity contribution in [1.82, 2.24) is 4.57 Å². The number of benzene rings is 2. The smallest absolute Gasteiger partial charge is 0.341 e. The van der Waals surface area contributed by atoms with Crippen LogP contribution in [0.4, 0.5) is 21.5 Å². The summed E-state index contributed by atoms with van der Waals surface area (Å²) in [6.07, 6.45) is 1.72. The third kappa shape index (κ3) is 4.42. The molecule has 1 saturated carbocycles. The molecule has 2 aliphatic rings. The first-order valence-corrected chi connectivity index (χ1v) is 13.0. The summed E-state index contributed by atoms with van der Waals surface area (Å²) in [5.41, 5.74) is 2.98. The van der Waals surface area contributed by atoms with Crippen molar-refractivity contribution in [2.24, 2.45) is 5.92 Å². The lowest BCUT2D eigenvalue weighted by Gasteiger charge is -2.24. The Kier molecular flexibility index (Phi) is 6.10. The van der Waals surface area contributed by atoms with E-state index in [4.69, 9.17) is 9.15 Å². The van der Waals surface area contributed by atoms with Crippen LogP contribution in [0.5, 0.6) is 0 Å². The molecule has 0 unspecified atom stereocenters. The highest BCUT2D eigenvalue weighted by molar-refractivity contribution is 6.02. The Balaban J connectivity index is 1.58. The first-order valence-electron chi connectivity index (χ1n) is 13.0. The largest absolute Gasteiger partial charge is 0.421 e. The van der Waals surface area contributed by atoms with Crippen LogP contribution in [0.3, 0.4) is 0 Å². The Morgan fingerprint density at radius 2 is 1.82 bits per heavy atom. The van der Waals surface area contributed by atoms with Crippen molar-refractivity contribution in [2.45, 2.75) is 39.7 Å². The van der Waals surface area contributed by atoms with Crippen LogP contribution >= 0.6 is 0 Å². The van der Waals surface area contributed by atoms with Crippen molar-refractivity contribution in [3.05, 3.63) is 85.9 Å². The van der Waals surface area contributed by atoms with Crippen molar-refractivity contribution in [1.29, 1.82) is 0 Å². The van der Waals surface area contributed by atoms with Gasteiger partial charge in [-0.05, 0) is 69.0 Å². The minimum Gasteiger partial charge on any atom is -0.421 e. The third-order valence-corrected chi connectivity index (χ3v) is 7.46. The molecule has 2 N–H and O–H groups in total. The van der Waals surface area contributed by atoms with Gasteiger partial charge in [0.1, 0.15) is 11.2 Å². The number of carbonyl (C=O) groups is 1. The number of amides is 1. The highest BCUT2D eigenvalue weighted by Gasteiger charge is 2.31. The van der Waals surface area contributed by atoms with Gasteiger partial charge in [-0.3, -0.25) is 9.59 Å². The fraction of sp³-hybridized carbons (Fsp3) is 0.300. The molecule has 1 aliphatic heterocycles. The number of hydrogen-bond acceptors (Lipinski definition) is 6. The van der Waals surface area contributed by atoms with E-state index in [1.807, 2.05) is 13.0 Å². The summed E-state index contributed by atoms with van der Waals surface area (Å²) in [4.78, 5) is 39.6. The van der Waals surface area contributed by atoms with Crippen LogP contribution in [-0.4, -0.2) is 23.7 Å². The lowest BCUT2D eigenvalue weighted by Crippen LogP contribution is -2.38. The number of anilines is 3.